The molecule has 0 spiro atoms. The molecular formula is C7H17ClN2O2S. The predicted molar refractivity (Wildman–Crippen MR) is 55.4 cm³/mol. The normalized spacial score (nSPS) is 14.8. The summed E-state index contributed by atoms with van der Waals surface area (Å²) in [6.07, 6.45) is 0.781. The topological polar surface area (TPSA) is 49.4 Å². The van der Waals surface area contributed by atoms with Gasteiger partial charge in [-0.3, -0.25) is 0 Å². The van der Waals surface area contributed by atoms with E-state index in [1.807, 2.05) is 25.9 Å². The first-order valence-electron chi connectivity index (χ1n) is 4.08. The van der Waals surface area contributed by atoms with Crippen LogP contribution in [0.25, 0.3) is 0 Å². The third-order valence-corrected chi connectivity index (χ3v) is 3.44. The fourth-order valence-electron chi connectivity index (χ4n) is 0.849. The van der Waals surface area contributed by atoms with Gasteiger partial charge in [0, 0.05) is 6.04 Å². The molecule has 0 aliphatic heterocycles. The largest absolute Gasteiger partial charge is 0.309 e. The van der Waals surface area contributed by atoms with Gasteiger partial charge in [0.15, 0.2) is 0 Å². The summed E-state index contributed by atoms with van der Waals surface area (Å²) in [5, 5.41) is -0.376. The van der Waals surface area contributed by atoms with Gasteiger partial charge in [-0.15, -0.1) is 11.6 Å². The average molecular weight is 229 g/mol. The quantitative estimate of drug-likeness (QED) is 0.672. The molecule has 0 bridgehead atoms. The zero-order valence-corrected chi connectivity index (χ0v) is 9.82. The van der Waals surface area contributed by atoms with Crippen LogP contribution in [0.3, 0.4) is 0 Å². The van der Waals surface area contributed by atoms with Crippen molar-refractivity contribution in [1.82, 2.24) is 9.62 Å². The van der Waals surface area contributed by atoms with E-state index in [2.05, 4.69) is 4.72 Å². The molecule has 0 saturated carbocycles. The lowest BCUT2D eigenvalue weighted by molar-refractivity contribution is 0.379. The highest BCUT2D eigenvalue weighted by Crippen LogP contribution is 1.97. The average Bonchev–Trinajstić information content (AvgIpc) is 2.00. The minimum absolute atomic E-state index is 0.0638. The summed E-state index contributed by atoms with van der Waals surface area (Å²) in [5.74, 6) is 0. The molecule has 0 aliphatic rings. The van der Waals surface area contributed by atoms with Crippen LogP contribution >= 0.6 is 11.6 Å². The van der Waals surface area contributed by atoms with Crippen LogP contribution in [-0.4, -0.2) is 45.2 Å². The minimum Gasteiger partial charge on any atom is -0.309 e. The van der Waals surface area contributed by atoms with Crippen LogP contribution in [0.2, 0.25) is 0 Å². The van der Waals surface area contributed by atoms with Crippen LogP contribution in [0, 0.1) is 0 Å². The molecule has 0 aromatic rings. The van der Waals surface area contributed by atoms with Gasteiger partial charge in [-0.05, 0) is 34.0 Å². The van der Waals surface area contributed by atoms with Gasteiger partial charge >= 0.3 is 0 Å². The fraction of sp³-hybridized carbons (Fsp3) is 1.00. The molecule has 0 aromatic heterocycles. The van der Waals surface area contributed by atoms with E-state index in [0.717, 1.165) is 13.0 Å². The van der Waals surface area contributed by atoms with Crippen LogP contribution in [0.1, 0.15) is 13.3 Å². The first-order chi connectivity index (χ1) is 5.87. The van der Waals surface area contributed by atoms with Crippen molar-refractivity contribution in [3.05, 3.63) is 0 Å². The molecule has 0 aliphatic carbocycles. The molecule has 0 saturated heterocycles. The molecule has 80 valence electrons. The second-order valence-corrected chi connectivity index (χ2v) is 5.67. The number of alkyl halides is 1. The molecule has 0 aromatic carbocycles. The molecule has 1 atom stereocenters. The van der Waals surface area contributed by atoms with Crippen molar-refractivity contribution in [3.8, 4) is 0 Å². The third kappa shape index (κ3) is 7.25. The number of hydrogen-bond acceptors (Lipinski definition) is 3. The Hall–Kier alpha value is 0.160. The van der Waals surface area contributed by atoms with E-state index in [9.17, 15) is 8.42 Å². The van der Waals surface area contributed by atoms with Crippen molar-refractivity contribution in [2.75, 3.05) is 25.9 Å². The second-order valence-electron chi connectivity index (χ2n) is 3.33. The predicted octanol–water partition coefficient (Wildman–Crippen LogP) is 0.442. The van der Waals surface area contributed by atoms with Crippen LogP contribution in [0.4, 0.5) is 0 Å². The molecule has 0 heterocycles. The number of halogens is 1. The third-order valence-electron chi connectivity index (χ3n) is 1.53. The van der Waals surface area contributed by atoms with Crippen molar-refractivity contribution < 1.29 is 8.42 Å². The lowest BCUT2D eigenvalue weighted by Gasteiger charge is -2.15. The molecule has 1 unspecified atom stereocenters. The zero-order chi connectivity index (χ0) is 10.5. The second kappa shape index (κ2) is 5.80. The van der Waals surface area contributed by atoms with Crippen molar-refractivity contribution >= 4 is 21.6 Å². The Labute approximate surface area is 85.3 Å². The Morgan fingerprint density at radius 2 is 2.00 bits per heavy atom. The number of hydrogen-bond donors (Lipinski definition) is 1. The minimum atomic E-state index is -3.27. The summed E-state index contributed by atoms with van der Waals surface area (Å²) in [4.78, 5) is 2.01. The Balaban J connectivity index is 3.81. The van der Waals surface area contributed by atoms with E-state index in [4.69, 9.17) is 11.6 Å². The van der Waals surface area contributed by atoms with E-state index in [0.29, 0.717) is 0 Å². The monoisotopic (exact) mass is 228 g/mol. The highest BCUT2D eigenvalue weighted by molar-refractivity contribution is 7.90. The summed E-state index contributed by atoms with van der Waals surface area (Å²) >= 11 is 5.24. The van der Waals surface area contributed by atoms with Gasteiger partial charge in [0.05, 0.1) is 0 Å². The lowest BCUT2D eigenvalue weighted by Crippen LogP contribution is -2.35. The maximum Gasteiger partial charge on any atom is 0.225 e. The zero-order valence-electron chi connectivity index (χ0n) is 8.25. The van der Waals surface area contributed by atoms with Crippen molar-refractivity contribution in [3.63, 3.8) is 0 Å². The first kappa shape index (κ1) is 13.2. The Morgan fingerprint density at radius 3 is 2.38 bits per heavy atom. The molecule has 0 radical (unpaired) electrons. The Kier molecular flexibility index (Phi) is 5.87. The summed E-state index contributed by atoms with van der Waals surface area (Å²) in [7, 11) is 0.625. The molecule has 13 heavy (non-hydrogen) atoms. The SMILES string of the molecule is CC(CCN(C)C)NS(=O)(=O)CCl. The number of nitrogens with zero attached hydrogens (tertiary/aromatic N) is 1. The number of rotatable bonds is 6. The van der Waals surface area contributed by atoms with Crippen molar-refractivity contribution in [2.45, 2.75) is 19.4 Å². The number of nitrogens with one attached hydrogen (secondary N) is 1. The highest BCUT2D eigenvalue weighted by Gasteiger charge is 2.12. The molecule has 6 heteroatoms. The van der Waals surface area contributed by atoms with Crippen LogP contribution in [-0.2, 0) is 10.0 Å². The van der Waals surface area contributed by atoms with Crippen LogP contribution in [0.15, 0.2) is 0 Å². The molecule has 4 nitrogen and oxygen atoms in total. The van der Waals surface area contributed by atoms with Crippen molar-refractivity contribution in [2.24, 2.45) is 0 Å². The first-order valence-corrected chi connectivity index (χ1v) is 6.27. The molecule has 1 N–H and O–H groups in total. The number of sulfonamides is 1. The van der Waals surface area contributed by atoms with E-state index >= 15 is 0 Å². The standard InChI is InChI=1S/C7H17ClN2O2S/c1-7(4-5-10(2)3)9-13(11,12)6-8/h7,9H,4-6H2,1-3H3. The van der Waals surface area contributed by atoms with E-state index in [1.54, 1.807) is 0 Å². The summed E-state index contributed by atoms with van der Waals surface area (Å²) in [6, 6.07) is -0.0638. The van der Waals surface area contributed by atoms with Gasteiger partial charge < -0.3 is 4.90 Å². The van der Waals surface area contributed by atoms with E-state index in [-0.39, 0.29) is 11.3 Å². The van der Waals surface area contributed by atoms with Gasteiger partial charge in [0.2, 0.25) is 10.0 Å². The summed E-state index contributed by atoms with van der Waals surface area (Å²) in [5.41, 5.74) is 0. The fourth-order valence-corrected chi connectivity index (χ4v) is 1.83. The van der Waals surface area contributed by atoms with Crippen LogP contribution in [0.5, 0.6) is 0 Å². The Bertz CT molecular complexity index is 229. The van der Waals surface area contributed by atoms with Crippen molar-refractivity contribution in [1.29, 1.82) is 0 Å². The molecule has 0 amide bonds. The summed E-state index contributed by atoms with van der Waals surface area (Å²) in [6.45, 7) is 2.68. The van der Waals surface area contributed by atoms with E-state index < -0.39 is 10.0 Å². The lowest BCUT2D eigenvalue weighted by atomic mass is 10.2. The van der Waals surface area contributed by atoms with Gasteiger partial charge in [-0.2, -0.15) is 0 Å². The smallest absolute Gasteiger partial charge is 0.225 e. The van der Waals surface area contributed by atoms with Gasteiger partial charge in [0.25, 0.3) is 0 Å². The highest BCUT2D eigenvalue weighted by atomic mass is 35.5. The maximum atomic E-state index is 11.0. The molecule has 0 fully saturated rings. The van der Waals surface area contributed by atoms with E-state index in [1.165, 1.54) is 0 Å². The summed E-state index contributed by atoms with van der Waals surface area (Å²) < 4.78 is 24.5. The Morgan fingerprint density at radius 1 is 1.46 bits per heavy atom. The molecule has 0 rings (SSSR count). The van der Waals surface area contributed by atoms with Gasteiger partial charge in [-0.1, -0.05) is 0 Å². The van der Waals surface area contributed by atoms with Gasteiger partial charge in [-0.25, -0.2) is 13.1 Å². The maximum absolute atomic E-state index is 11.0. The van der Waals surface area contributed by atoms with Gasteiger partial charge in [0.1, 0.15) is 5.21 Å². The molecular weight excluding hydrogens is 212 g/mol. The van der Waals surface area contributed by atoms with Crippen LogP contribution < -0.4 is 4.72 Å².